The summed E-state index contributed by atoms with van der Waals surface area (Å²) in [4.78, 5) is 0. The number of nitrogens with one attached hydrogen (secondary N) is 1. The zero-order valence-corrected chi connectivity index (χ0v) is 11.9. The molecule has 16 heavy (non-hydrogen) atoms. The first-order chi connectivity index (χ1) is 7.65. The van der Waals surface area contributed by atoms with E-state index in [4.69, 9.17) is 23.2 Å². The smallest absolute Gasteiger partial charge is 0.0637 e. The highest BCUT2D eigenvalue weighted by Crippen LogP contribution is 2.25. The summed E-state index contributed by atoms with van der Waals surface area (Å²) >= 11 is 13.9. The Hall–Kier alpha value is 0.110. The van der Waals surface area contributed by atoms with Gasteiger partial charge in [0.15, 0.2) is 0 Å². The van der Waals surface area contributed by atoms with Crippen LogP contribution < -0.4 is 5.32 Å². The van der Waals surface area contributed by atoms with E-state index in [9.17, 15) is 0 Å². The molecule has 1 nitrogen and oxygen atoms in total. The molecule has 0 amide bonds. The van der Waals surface area contributed by atoms with Gasteiger partial charge in [-0.15, -0.1) is 0 Å². The Morgan fingerprint density at radius 2 is 2.12 bits per heavy atom. The Kier molecular flexibility index (Phi) is 6.59. The fourth-order valence-electron chi connectivity index (χ4n) is 1.37. The van der Waals surface area contributed by atoms with Gasteiger partial charge in [0.25, 0.3) is 0 Å². The van der Waals surface area contributed by atoms with Gasteiger partial charge in [0.05, 0.1) is 10.0 Å². The molecular formula is C12H17Cl2NS. The fraction of sp³-hybridized carbons (Fsp3) is 0.500. The van der Waals surface area contributed by atoms with Crippen LogP contribution in [0.25, 0.3) is 0 Å². The highest BCUT2D eigenvalue weighted by Gasteiger charge is 2.06. The van der Waals surface area contributed by atoms with Crippen molar-refractivity contribution >= 4 is 35.0 Å². The summed E-state index contributed by atoms with van der Waals surface area (Å²) in [6.45, 7) is 2.96. The summed E-state index contributed by atoms with van der Waals surface area (Å²) in [5, 5.41) is 4.73. The van der Waals surface area contributed by atoms with Crippen LogP contribution in [0.4, 0.5) is 0 Å². The van der Waals surface area contributed by atoms with Crippen molar-refractivity contribution in [2.45, 2.75) is 25.9 Å². The standard InChI is InChI=1S/C12H17Cl2NS/c1-9(6-7-16-2)15-8-10-4-3-5-11(13)12(10)14/h3-5,9,15H,6-8H2,1-2H3. The van der Waals surface area contributed by atoms with E-state index in [0.29, 0.717) is 16.1 Å². The van der Waals surface area contributed by atoms with Crippen molar-refractivity contribution in [3.8, 4) is 0 Å². The molecule has 0 spiro atoms. The Morgan fingerprint density at radius 1 is 1.38 bits per heavy atom. The Bertz CT molecular complexity index is 331. The summed E-state index contributed by atoms with van der Waals surface area (Å²) < 4.78 is 0. The molecule has 0 aliphatic rings. The van der Waals surface area contributed by atoms with E-state index < -0.39 is 0 Å². The molecule has 0 heterocycles. The Morgan fingerprint density at radius 3 is 2.81 bits per heavy atom. The number of thioether (sulfide) groups is 1. The molecule has 0 saturated carbocycles. The van der Waals surface area contributed by atoms with Crippen LogP contribution in [-0.2, 0) is 6.54 Å². The van der Waals surface area contributed by atoms with Crippen LogP contribution in [0.1, 0.15) is 18.9 Å². The average Bonchev–Trinajstić information content (AvgIpc) is 2.28. The fourth-order valence-corrected chi connectivity index (χ4v) is 2.34. The van der Waals surface area contributed by atoms with Crippen molar-refractivity contribution < 1.29 is 0 Å². The lowest BCUT2D eigenvalue weighted by molar-refractivity contribution is 0.537. The molecule has 0 saturated heterocycles. The van der Waals surface area contributed by atoms with Crippen LogP contribution in [0.2, 0.25) is 10.0 Å². The molecular weight excluding hydrogens is 261 g/mol. The van der Waals surface area contributed by atoms with Crippen molar-refractivity contribution in [1.82, 2.24) is 5.32 Å². The van der Waals surface area contributed by atoms with Gasteiger partial charge in [-0.3, -0.25) is 0 Å². The van der Waals surface area contributed by atoms with Gasteiger partial charge in [0, 0.05) is 12.6 Å². The van der Waals surface area contributed by atoms with E-state index in [1.807, 2.05) is 30.0 Å². The first-order valence-electron chi connectivity index (χ1n) is 5.30. The number of hydrogen-bond donors (Lipinski definition) is 1. The zero-order chi connectivity index (χ0) is 12.0. The van der Waals surface area contributed by atoms with E-state index in [-0.39, 0.29) is 0 Å². The third-order valence-electron chi connectivity index (χ3n) is 2.43. The molecule has 0 radical (unpaired) electrons. The molecule has 90 valence electrons. The van der Waals surface area contributed by atoms with E-state index >= 15 is 0 Å². The van der Waals surface area contributed by atoms with E-state index in [0.717, 1.165) is 12.1 Å². The quantitative estimate of drug-likeness (QED) is 0.836. The van der Waals surface area contributed by atoms with Crippen LogP contribution in [0.15, 0.2) is 18.2 Å². The topological polar surface area (TPSA) is 12.0 Å². The van der Waals surface area contributed by atoms with Crippen molar-refractivity contribution in [1.29, 1.82) is 0 Å². The van der Waals surface area contributed by atoms with Gasteiger partial charge in [-0.25, -0.2) is 0 Å². The van der Waals surface area contributed by atoms with E-state index in [1.165, 1.54) is 12.2 Å². The summed E-state index contributed by atoms with van der Waals surface area (Å²) in [7, 11) is 0. The minimum absolute atomic E-state index is 0.502. The van der Waals surface area contributed by atoms with Gasteiger partial charge in [-0.05, 0) is 37.0 Å². The molecule has 4 heteroatoms. The summed E-state index contributed by atoms with van der Waals surface area (Å²) in [6, 6.07) is 6.24. The third-order valence-corrected chi connectivity index (χ3v) is 3.93. The molecule has 0 fully saturated rings. The second-order valence-electron chi connectivity index (χ2n) is 3.78. The highest BCUT2D eigenvalue weighted by atomic mass is 35.5. The van der Waals surface area contributed by atoms with Crippen LogP contribution >= 0.6 is 35.0 Å². The summed E-state index contributed by atoms with van der Waals surface area (Å²) in [5.74, 6) is 1.18. The monoisotopic (exact) mass is 277 g/mol. The number of benzene rings is 1. The molecule has 1 N–H and O–H groups in total. The second-order valence-corrected chi connectivity index (χ2v) is 5.55. The largest absolute Gasteiger partial charge is 0.310 e. The van der Waals surface area contributed by atoms with Gasteiger partial charge in [-0.2, -0.15) is 11.8 Å². The lowest BCUT2D eigenvalue weighted by Crippen LogP contribution is -2.26. The highest BCUT2D eigenvalue weighted by molar-refractivity contribution is 7.98. The average molecular weight is 278 g/mol. The number of halogens is 2. The minimum atomic E-state index is 0.502. The Balaban J connectivity index is 2.45. The van der Waals surface area contributed by atoms with Gasteiger partial charge < -0.3 is 5.32 Å². The molecule has 0 aliphatic carbocycles. The van der Waals surface area contributed by atoms with Gasteiger partial charge >= 0.3 is 0 Å². The lowest BCUT2D eigenvalue weighted by Gasteiger charge is -2.14. The van der Waals surface area contributed by atoms with Crippen molar-refractivity contribution in [3.63, 3.8) is 0 Å². The molecule has 0 bridgehead atoms. The SMILES string of the molecule is CSCCC(C)NCc1cccc(Cl)c1Cl. The van der Waals surface area contributed by atoms with E-state index in [1.54, 1.807) is 0 Å². The van der Waals surface area contributed by atoms with Gasteiger partial charge in [0.2, 0.25) is 0 Å². The number of rotatable bonds is 6. The molecule has 1 aromatic rings. The van der Waals surface area contributed by atoms with Gasteiger partial charge in [0.1, 0.15) is 0 Å². The van der Waals surface area contributed by atoms with Crippen LogP contribution in [0.5, 0.6) is 0 Å². The summed E-state index contributed by atoms with van der Waals surface area (Å²) in [6.07, 6.45) is 3.29. The first-order valence-corrected chi connectivity index (χ1v) is 7.45. The predicted octanol–water partition coefficient (Wildman–Crippen LogP) is 4.22. The third kappa shape index (κ3) is 4.54. The minimum Gasteiger partial charge on any atom is -0.310 e. The molecule has 1 rings (SSSR count). The lowest BCUT2D eigenvalue weighted by atomic mass is 10.2. The zero-order valence-electron chi connectivity index (χ0n) is 9.59. The maximum Gasteiger partial charge on any atom is 0.0637 e. The first kappa shape index (κ1) is 14.2. The number of hydrogen-bond acceptors (Lipinski definition) is 2. The molecule has 0 aliphatic heterocycles. The van der Waals surface area contributed by atoms with Crippen molar-refractivity contribution in [3.05, 3.63) is 33.8 Å². The molecule has 0 aromatic heterocycles. The predicted molar refractivity (Wildman–Crippen MR) is 75.8 cm³/mol. The second kappa shape index (κ2) is 7.44. The van der Waals surface area contributed by atoms with Crippen molar-refractivity contribution in [2.75, 3.05) is 12.0 Å². The normalized spacial score (nSPS) is 12.8. The van der Waals surface area contributed by atoms with Crippen LogP contribution in [0.3, 0.4) is 0 Å². The summed E-state index contributed by atoms with van der Waals surface area (Å²) in [5.41, 5.74) is 1.06. The molecule has 1 aromatic carbocycles. The Labute approximate surface area is 112 Å². The van der Waals surface area contributed by atoms with Crippen LogP contribution in [0, 0.1) is 0 Å². The van der Waals surface area contributed by atoms with Crippen LogP contribution in [-0.4, -0.2) is 18.1 Å². The maximum absolute atomic E-state index is 6.10. The molecule has 1 atom stereocenters. The van der Waals surface area contributed by atoms with Crippen molar-refractivity contribution in [2.24, 2.45) is 0 Å². The van der Waals surface area contributed by atoms with E-state index in [2.05, 4.69) is 18.5 Å². The van der Waals surface area contributed by atoms with Gasteiger partial charge in [-0.1, -0.05) is 35.3 Å². The molecule has 1 unspecified atom stereocenters. The maximum atomic E-state index is 6.10.